The van der Waals surface area contributed by atoms with Gasteiger partial charge in [-0.2, -0.15) is 0 Å². The third-order valence-electron chi connectivity index (χ3n) is 3.74. The number of primary amides is 1. The van der Waals surface area contributed by atoms with Crippen LogP contribution >= 0.6 is 0 Å². The Kier molecular flexibility index (Phi) is 2.44. The largest absolute Gasteiger partial charge is 0.369 e. The summed E-state index contributed by atoms with van der Waals surface area (Å²) in [6.45, 7) is 1.85. The quantitative estimate of drug-likeness (QED) is 0.731. The summed E-state index contributed by atoms with van der Waals surface area (Å²) in [5.74, 6) is -0.496. The summed E-state index contributed by atoms with van der Waals surface area (Å²) < 4.78 is 0. The first-order valence-electron chi connectivity index (χ1n) is 6.17. The Morgan fingerprint density at radius 1 is 1.11 bits per heavy atom. The monoisotopic (exact) mass is 237 g/mol. The van der Waals surface area contributed by atoms with Gasteiger partial charge in [0.05, 0.1) is 5.92 Å². The van der Waals surface area contributed by atoms with Crippen molar-refractivity contribution in [1.29, 1.82) is 0 Å². The molecular weight excluding hydrogens is 222 g/mol. The van der Waals surface area contributed by atoms with Gasteiger partial charge in [-0.1, -0.05) is 42.5 Å². The van der Waals surface area contributed by atoms with Gasteiger partial charge in [-0.05, 0) is 41.2 Å². The minimum absolute atomic E-state index is 0.223. The Morgan fingerprint density at radius 2 is 1.83 bits per heavy atom. The molecule has 2 aromatic carbocycles. The van der Waals surface area contributed by atoms with E-state index in [9.17, 15) is 4.79 Å². The number of amides is 1. The zero-order chi connectivity index (χ0) is 12.7. The second-order valence-corrected chi connectivity index (χ2v) is 4.87. The number of benzene rings is 2. The molecule has 0 aliphatic heterocycles. The van der Waals surface area contributed by atoms with Crippen molar-refractivity contribution in [3.05, 3.63) is 59.2 Å². The van der Waals surface area contributed by atoms with Crippen LogP contribution in [-0.4, -0.2) is 5.91 Å². The molecule has 1 atom stereocenters. The average molecular weight is 237 g/mol. The summed E-state index contributed by atoms with van der Waals surface area (Å²) in [6, 6.07) is 14.7. The Hall–Kier alpha value is -2.09. The molecular formula is C16H15NO. The van der Waals surface area contributed by atoms with Crippen LogP contribution in [0.2, 0.25) is 0 Å². The fraction of sp³-hybridized carbons (Fsp3) is 0.188. The van der Waals surface area contributed by atoms with E-state index < -0.39 is 0 Å². The predicted octanol–water partition coefficient (Wildman–Crippen LogP) is 2.85. The molecule has 0 radical (unpaired) electrons. The van der Waals surface area contributed by atoms with E-state index in [-0.39, 0.29) is 11.8 Å². The van der Waals surface area contributed by atoms with Crippen molar-refractivity contribution in [2.45, 2.75) is 19.3 Å². The van der Waals surface area contributed by atoms with Crippen LogP contribution in [0.3, 0.4) is 0 Å². The van der Waals surface area contributed by atoms with Crippen molar-refractivity contribution < 1.29 is 4.79 Å². The predicted molar refractivity (Wildman–Crippen MR) is 72.3 cm³/mol. The fourth-order valence-corrected chi connectivity index (χ4v) is 2.60. The Labute approximate surface area is 106 Å². The second kappa shape index (κ2) is 3.98. The lowest BCUT2D eigenvalue weighted by atomic mass is 9.96. The lowest BCUT2D eigenvalue weighted by Crippen LogP contribution is -2.18. The molecule has 1 amide bonds. The second-order valence-electron chi connectivity index (χ2n) is 4.87. The molecule has 0 fully saturated rings. The summed E-state index contributed by atoms with van der Waals surface area (Å²) in [4.78, 5) is 11.2. The summed E-state index contributed by atoms with van der Waals surface area (Å²) in [7, 11) is 0. The molecule has 2 nitrogen and oxygen atoms in total. The highest BCUT2D eigenvalue weighted by Crippen LogP contribution is 2.37. The molecule has 0 saturated carbocycles. The molecule has 0 aromatic heterocycles. The number of rotatable bonds is 2. The highest BCUT2D eigenvalue weighted by atomic mass is 16.1. The lowest BCUT2D eigenvalue weighted by molar-refractivity contribution is -0.119. The molecule has 0 spiro atoms. The van der Waals surface area contributed by atoms with Crippen molar-refractivity contribution in [2.75, 3.05) is 0 Å². The number of fused-ring (bicyclic) bond motifs is 3. The van der Waals surface area contributed by atoms with E-state index in [1.165, 1.54) is 22.3 Å². The Morgan fingerprint density at radius 3 is 2.61 bits per heavy atom. The van der Waals surface area contributed by atoms with Crippen LogP contribution in [0.1, 0.15) is 29.5 Å². The Balaban J connectivity index is 2.06. The number of carbonyl (C=O) groups excluding carboxylic acids is 1. The molecule has 0 bridgehead atoms. The smallest absolute Gasteiger partial charge is 0.224 e. The van der Waals surface area contributed by atoms with Gasteiger partial charge < -0.3 is 5.73 Å². The summed E-state index contributed by atoms with van der Waals surface area (Å²) in [5.41, 5.74) is 11.6. The molecule has 90 valence electrons. The first-order chi connectivity index (χ1) is 8.66. The molecule has 0 heterocycles. The number of hydrogen-bond acceptors (Lipinski definition) is 1. The number of hydrogen-bond donors (Lipinski definition) is 1. The van der Waals surface area contributed by atoms with Gasteiger partial charge >= 0.3 is 0 Å². The van der Waals surface area contributed by atoms with Gasteiger partial charge in [0.2, 0.25) is 5.91 Å². The van der Waals surface area contributed by atoms with E-state index >= 15 is 0 Å². The van der Waals surface area contributed by atoms with E-state index in [4.69, 9.17) is 5.73 Å². The molecule has 2 N–H and O–H groups in total. The molecule has 3 rings (SSSR count). The standard InChI is InChI=1S/C16H15NO/c1-10(16(17)18)11-6-7-15-13(8-11)9-12-4-2-3-5-14(12)15/h2-8,10H,9H2,1H3,(H2,17,18). The molecule has 1 unspecified atom stereocenters. The average Bonchev–Trinajstić information content (AvgIpc) is 2.75. The maximum Gasteiger partial charge on any atom is 0.224 e. The number of carbonyl (C=O) groups is 1. The Bertz CT molecular complexity index is 631. The third kappa shape index (κ3) is 1.61. The minimum Gasteiger partial charge on any atom is -0.369 e. The van der Waals surface area contributed by atoms with Gasteiger partial charge in [-0.3, -0.25) is 4.79 Å². The topological polar surface area (TPSA) is 43.1 Å². The highest BCUT2D eigenvalue weighted by molar-refractivity contribution is 5.83. The highest BCUT2D eigenvalue weighted by Gasteiger charge is 2.20. The van der Waals surface area contributed by atoms with E-state index in [0.29, 0.717) is 0 Å². The summed E-state index contributed by atoms with van der Waals surface area (Å²) in [6.07, 6.45) is 0.949. The first-order valence-corrected chi connectivity index (χ1v) is 6.17. The zero-order valence-corrected chi connectivity index (χ0v) is 10.3. The van der Waals surface area contributed by atoms with Gasteiger partial charge in [0.1, 0.15) is 0 Å². The molecule has 0 saturated heterocycles. The maximum absolute atomic E-state index is 11.2. The fourth-order valence-electron chi connectivity index (χ4n) is 2.60. The van der Waals surface area contributed by atoms with Crippen molar-refractivity contribution in [1.82, 2.24) is 0 Å². The molecule has 1 aliphatic carbocycles. The summed E-state index contributed by atoms with van der Waals surface area (Å²) in [5, 5.41) is 0. The molecule has 18 heavy (non-hydrogen) atoms. The SMILES string of the molecule is CC(C(N)=O)c1ccc2c(c1)Cc1ccccc1-2. The van der Waals surface area contributed by atoms with Crippen molar-refractivity contribution >= 4 is 5.91 Å². The van der Waals surface area contributed by atoms with E-state index in [1.807, 2.05) is 13.0 Å². The van der Waals surface area contributed by atoms with Gasteiger partial charge in [0.25, 0.3) is 0 Å². The van der Waals surface area contributed by atoms with Gasteiger partial charge in [-0.25, -0.2) is 0 Å². The van der Waals surface area contributed by atoms with Crippen LogP contribution in [0.5, 0.6) is 0 Å². The normalized spacial score (nSPS) is 13.8. The minimum atomic E-state index is -0.273. The van der Waals surface area contributed by atoms with Gasteiger partial charge in [0, 0.05) is 0 Å². The van der Waals surface area contributed by atoms with E-state index in [1.54, 1.807) is 0 Å². The summed E-state index contributed by atoms with van der Waals surface area (Å²) >= 11 is 0. The molecule has 2 heteroatoms. The van der Waals surface area contributed by atoms with Crippen LogP contribution in [0, 0.1) is 0 Å². The zero-order valence-electron chi connectivity index (χ0n) is 10.3. The number of nitrogens with two attached hydrogens (primary N) is 1. The first kappa shape index (κ1) is 11.0. The van der Waals surface area contributed by atoms with Crippen LogP contribution in [0.15, 0.2) is 42.5 Å². The lowest BCUT2D eigenvalue weighted by Gasteiger charge is -2.09. The molecule has 2 aromatic rings. The van der Waals surface area contributed by atoms with E-state index in [0.717, 1.165) is 12.0 Å². The van der Waals surface area contributed by atoms with Crippen LogP contribution in [0.4, 0.5) is 0 Å². The van der Waals surface area contributed by atoms with Crippen LogP contribution in [0.25, 0.3) is 11.1 Å². The van der Waals surface area contributed by atoms with Crippen molar-refractivity contribution in [2.24, 2.45) is 5.73 Å². The van der Waals surface area contributed by atoms with E-state index in [2.05, 4.69) is 36.4 Å². The molecule has 1 aliphatic rings. The third-order valence-corrected chi connectivity index (χ3v) is 3.74. The van der Waals surface area contributed by atoms with Crippen molar-refractivity contribution in [3.8, 4) is 11.1 Å². The van der Waals surface area contributed by atoms with Gasteiger partial charge in [0.15, 0.2) is 0 Å². The van der Waals surface area contributed by atoms with Crippen LogP contribution < -0.4 is 5.73 Å². The maximum atomic E-state index is 11.2. The van der Waals surface area contributed by atoms with Crippen LogP contribution in [-0.2, 0) is 11.2 Å². The van der Waals surface area contributed by atoms with Crippen molar-refractivity contribution in [3.63, 3.8) is 0 Å². The van der Waals surface area contributed by atoms with Gasteiger partial charge in [-0.15, -0.1) is 0 Å².